The molecule has 0 radical (unpaired) electrons. The highest BCUT2D eigenvalue weighted by atomic mass is 19.4. The second-order valence-corrected chi connectivity index (χ2v) is 3.11. The maximum atomic E-state index is 11.6. The van der Waals surface area contributed by atoms with E-state index in [1.54, 1.807) is 0 Å². The van der Waals surface area contributed by atoms with Gasteiger partial charge in [0.2, 0.25) is 5.91 Å². The van der Waals surface area contributed by atoms with E-state index in [9.17, 15) is 22.8 Å². The normalized spacial score (nSPS) is 15.7. The number of carboxylic acid groups (broad SMARTS) is 1. The molecular weight excluding hydrogens is 219 g/mol. The van der Waals surface area contributed by atoms with Gasteiger partial charge in [0.15, 0.2) is 5.41 Å². The maximum absolute atomic E-state index is 11.6. The Hall–Kier alpha value is -1.31. The Balaban J connectivity index is 4.34. The number of amides is 1. The van der Waals surface area contributed by atoms with Crippen LogP contribution in [0.1, 0.15) is 6.92 Å². The zero-order valence-corrected chi connectivity index (χ0v) is 7.80. The van der Waals surface area contributed by atoms with Crippen LogP contribution in [0.15, 0.2) is 0 Å². The summed E-state index contributed by atoms with van der Waals surface area (Å²) in [7, 11) is 0. The molecule has 5 nitrogen and oxygen atoms in total. The molecule has 88 valence electrons. The first-order chi connectivity index (χ1) is 6.59. The fourth-order valence-corrected chi connectivity index (χ4v) is 0.609. The predicted octanol–water partition coefficient (Wildman–Crippen LogP) is 0.142. The van der Waals surface area contributed by atoms with Gasteiger partial charge < -0.3 is 15.6 Å². The molecule has 0 saturated heterocycles. The van der Waals surface area contributed by atoms with E-state index in [1.165, 1.54) is 0 Å². The van der Waals surface area contributed by atoms with Crippen molar-refractivity contribution in [1.82, 2.24) is 0 Å². The van der Waals surface area contributed by atoms with Crippen molar-refractivity contribution in [3.05, 3.63) is 0 Å². The summed E-state index contributed by atoms with van der Waals surface area (Å²) in [5.41, 5.74) is 2.59. The molecule has 0 saturated carbocycles. The van der Waals surface area contributed by atoms with Crippen LogP contribution < -0.4 is 5.73 Å². The quantitative estimate of drug-likeness (QED) is 0.656. The highest BCUT2D eigenvalue weighted by molar-refractivity contribution is 6.00. The van der Waals surface area contributed by atoms with Gasteiger partial charge in [0.25, 0.3) is 0 Å². The predicted molar refractivity (Wildman–Crippen MR) is 41.8 cm³/mol. The third kappa shape index (κ3) is 4.15. The molecule has 0 rings (SSSR count). The molecule has 0 fully saturated rings. The van der Waals surface area contributed by atoms with Crippen LogP contribution in [0.3, 0.4) is 0 Å². The van der Waals surface area contributed by atoms with Crippen LogP contribution in [0.2, 0.25) is 0 Å². The van der Waals surface area contributed by atoms with Crippen LogP contribution in [0, 0.1) is 5.41 Å². The summed E-state index contributed by atoms with van der Waals surface area (Å²) < 4.78 is 39.0. The minimum atomic E-state index is -4.57. The molecular formula is C7H10F3NO4. The lowest BCUT2D eigenvalue weighted by Crippen LogP contribution is -2.45. The zero-order chi connectivity index (χ0) is 12.3. The summed E-state index contributed by atoms with van der Waals surface area (Å²) in [6, 6.07) is 0. The number of carbonyl (C=O) groups is 2. The summed E-state index contributed by atoms with van der Waals surface area (Å²) in [5.74, 6) is -2.88. The van der Waals surface area contributed by atoms with Crippen molar-refractivity contribution in [2.75, 3.05) is 13.2 Å². The van der Waals surface area contributed by atoms with Crippen LogP contribution >= 0.6 is 0 Å². The molecule has 0 aromatic heterocycles. The lowest BCUT2D eigenvalue weighted by Gasteiger charge is -2.20. The Morgan fingerprint density at radius 2 is 1.80 bits per heavy atom. The number of halogens is 3. The summed E-state index contributed by atoms with van der Waals surface area (Å²) >= 11 is 0. The van der Waals surface area contributed by atoms with Crippen molar-refractivity contribution in [2.24, 2.45) is 11.1 Å². The van der Waals surface area contributed by atoms with Gasteiger partial charge in [-0.05, 0) is 6.92 Å². The van der Waals surface area contributed by atoms with Crippen molar-refractivity contribution in [3.63, 3.8) is 0 Å². The topological polar surface area (TPSA) is 89.6 Å². The molecule has 1 atom stereocenters. The van der Waals surface area contributed by atoms with Gasteiger partial charge in [0, 0.05) is 0 Å². The summed E-state index contributed by atoms with van der Waals surface area (Å²) in [6.07, 6.45) is -4.57. The van der Waals surface area contributed by atoms with Gasteiger partial charge in [-0.1, -0.05) is 0 Å². The lowest BCUT2D eigenvalue weighted by atomic mass is 9.91. The maximum Gasteiger partial charge on any atom is 0.411 e. The molecule has 15 heavy (non-hydrogen) atoms. The first kappa shape index (κ1) is 13.7. The van der Waals surface area contributed by atoms with Crippen LogP contribution in [0.5, 0.6) is 0 Å². The molecule has 0 spiro atoms. The number of ether oxygens (including phenoxy) is 1. The van der Waals surface area contributed by atoms with Crippen molar-refractivity contribution in [1.29, 1.82) is 0 Å². The first-order valence-electron chi connectivity index (χ1n) is 3.77. The molecule has 1 amide bonds. The lowest BCUT2D eigenvalue weighted by molar-refractivity contribution is -0.186. The number of aliphatic carboxylic acids is 1. The van der Waals surface area contributed by atoms with Crippen LogP contribution in [-0.2, 0) is 14.3 Å². The molecule has 0 heterocycles. The number of primary amides is 1. The van der Waals surface area contributed by atoms with Gasteiger partial charge in [-0.25, -0.2) is 0 Å². The molecule has 0 aliphatic carbocycles. The zero-order valence-electron chi connectivity index (χ0n) is 7.80. The van der Waals surface area contributed by atoms with Gasteiger partial charge in [0.05, 0.1) is 6.61 Å². The van der Waals surface area contributed by atoms with E-state index in [1.807, 2.05) is 0 Å². The number of hydrogen-bond acceptors (Lipinski definition) is 3. The van der Waals surface area contributed by atoms with Crippen molar-refractivity contribution >= 4 is 11.9 Å². The Bertz CT molecular complexity index is 249. The number of alkyl halides is 3. The van der Waals surface area contributed by atoms with E-state index < -0.39 is 36.7 Å². The first-order valence-corrected chi connectivity index (χ1v) is 3.77. The number of hydrogen-bond donors (Lipinski definition) is 2. The molecule has 8 heteroatoms. The third-order valence-corrected chi connectivity index (χ3v) is 1.67. The minimum absolute atomic E-state index is 0.897. The molecule has 0 aromatic carbocycles. The molecule has 1 unspecified atom stereocenters. The Labute approximate surface area is 83.0 Å². The highest BCUT2D eigenvalue weighted by Crippen LogP contribution is 2.20. The fourth-order valence-electron chi connectivity index (χ4n) is 0.609. The van der Waals surface area contributed by atoms with Crippen molar-refractivity contribution in [2.45, 2.75) is 13.1 Å². The van der Waals surface area contributed by atoms with Gasteiger partial charge in [0.1, 0.15) is 6.61 Å². The second kappa shape index (κ2) is 4.47. The van der Waals surface area contributed by atoms with E-state index in [2.05, 4.69) is 4.74 Å². The van der Waals surface area contributed by atoms with Gasteiger partial charge in [-0.3, -0.25) is 9.59 Å². The average molecular weight is 229 g/mol. The standard InChI is InChI=1S/C7H10F3NO4/c1-6(4(11)12,5(13)14)2-15-3-7(8,9)10/h2-3H2,1H3,(H2,11,12)(H,13,14). The summed E-state index contributed by atoms with van der Waals surface area (Å²) in [6.45, 7) is -1.64. The number of rotatable bonds is 5. The van der Waals surface area contributed by atoms with Crippen molar-refractivity contribution in [3.8, 4) is 0 Å². The second-order valence-electron chi connectivity index (χ2n) is 3.11. The fraction of sp³-hybridized carbons (Fsp3) is 0.714. The Morgan fingerprint density at radius 3 is 2.07 bits per heavy atom. The Kier molecular flexibility index (Phi) is 4.08. The summed E-state index contributed by atoms with van der Waals surface area (Å²) in [4.78, 5) is 21.3. The molecule has 3 N–H and O–H groups in total. The molecule has 0 aliphatic heterocycles. The minimum Gasteiger partial charge on any atom is -0.480 e. The van der Waals surface area contributed by atoms with E-state index in [-0.39, 0.29) is 0 Å². The monoisotopic (exact) mass is 229 g/mol. The van der Waals surface area contributed by atoms with Crippen LogP contribution in [-0.4, -0.2) is 36.4 Å². The van der Waals surface area contributed by atoms with Gasteiger partial charge in [-0.15, -0.1) is 0 Å². The van der Waals surface area contributed by atoms with E-state index >= 15 is 0 Å². The molecule has 0 bridgehead atoms. The number of nitrogens with two attached hydrogens (primary N) is 1. The third-order valence-electron chi connectivity index (χ3n) is 1.67. The number of carboxylic acids is 1. The number of carbonyl (C=O) groups excluding carboxylic acids is 1. The van der Waals surface area contributed by atoms with Crippen LogP contribution in [0.4, 0.5) is 13.2 Å². The molecule has 0 aliphatic rings. The van der Waals surface area contributed by atoms with E-state index in [0.29, 0.717) is 0 Å². The van der Waals surface area contributed by atoms with E-state index in [0.717, 1.165) is 6.92 Å². The van der Waals surface area contributed by atoms with E-state index in [4.69, 9.17) is 10.8 Å². The largest absolute Gasteiger partial charge is 0.480 e. The highest BCUT2D eigenvalue weighted by Gasteiger charge is 2.41. The SMILES string of the molecule is CC(COCC(F)(F)F)(C(N)=O)C(=O)O. The Morgan fingerprint density at radius 1 is 1.33 bits per heavy atom. The average Bonchev–Trinajstić information content (AvgIpc) is 2.00. The van der Waals surface area contributed by atoms with Gasteiger partial charge in [-0.2, -0.15) is 13.2 Å². The molecule has 0 aromatic rings. The smallest absolute Gasteiger partial charge is 0.411 e. The van der Waals surface area contributed by atoms with Crippen LogP contribution in [0.25, 0.3) is 0 Å². The van der Waals surface area contributed by atoms with Crippen molar-refractivity contribution < 1.29 is 32.6 Å². The summed E-state index contributed by atoms with van der Waals surface area (Å²) in [5, 5.41) is 8.57. The van der Waals surface area contributed by atoms with Gasteiger partial charge >= 0.3 is 12.1 Å².